The van der Waals surface area contributed by atoms with Crippen LogP contribution in [-0.4, -0.2) is 30.0 Å². The summed E-state index contributed by atoms with van der Waals surface area (Å²) >= 11 is 23.6. The van der Waals surface area contributed by atoms with Crippen LogP contribution in [0, 0.1) is 0 Å². The molecule has 0 saturated heterocycles. The smallest absolute Gasteiger partial charge is 0.359 e. The molecule has 3 aromatic rings. The van der Waals surface area contributed by atoms with Gasteiger partial charge in [0.25, 0.3) is 5.91 Å². The third-order valence-electron chi connectivity index (χ3n) is 4.18. The fourth-order valence-corrected chi connectivity index (χ4v) is 3.63. The monoisotopic (exact) mass is 470 g/mol. The van der Waals surface area contributed by atoms with Crippen LogP contribution in [0.2, 0.25) is 20.2 Å². The molecule has 5 nitrogen and oxygen atoms in total. The highest BCUT2D eigenvalue weighted by Gasteiger charge is 2.24. The molecule has 0 unspecified atom stereocenters. The molecule has 0 atom stereocenters. The molecular formula is C20H14Cl4N2O3. The van der Waals surface area contributed by atoms with E-state index < -0.39 is 18.5 Å². The molecule has 0 bridgehead atoms. The van der Waals surface area contributed by atoms with Crippen LogP contribution in [0.25, 0.3) is 10.8 Å². The van der Waals surface area contributed by atoms with E-state index in [9.17, 15) is 9.59 Å². The van der Waals surface area contributed by atoms with Crippen LogP contribution in [0.5, 0.6) is 0 Å². The van der Waals surface area contributed by atoms with Crippen LogP contribution in [0.1, 0.15) is 17.4 Å². The molecule has 0 saturated carbocycles. The zero-order chi connectivity index (χ0) is 21.1. The van der Waals surface area contributed by atoms with Crippen molar-refractivity contribution in [3.05, 3.63) is 68.4 Å². The fraction of sp³-hybridized carbons (Fsp3) is 0.150. The number of hydrogen-bond acceptors (Lipinski definition) is 4. The van der Waals surface area contributed by atoms with Crippen LogP contribution in [0.3, 0.4) is 0 Å². The molecule has 1 aromatic heterocycles. The van der Waals surface area contributed by atoms with Gasteiger partial charge in [0, 0.05) is 11.9 Å². The first-order valence-corrected chi connectivity index (χ1v) is 10.0. The average Bonchev–Trinajstić information content (AvgIpc) is 2.73. The van der Waals surface area contributed by atoms with Gasteiger partial charge in [-0.1, -0.05) is 82.8 Å². The lowest BCUT2D eigenvalue weighted by molar-refractivity contribution is -0.121. The van der Waals surface area contributed by atoms with E-state index in [1.807, 2.05) is 49.4 Å². The van der Waals surface area contributed by atoms with E-state index in [0.29, 0.717) is 6.54 Å². The van der Waals surface area contributed by atoms with E-state index in [0.717, 1.165) is 16.5 Å². The van der Waals surface area contributed by atoms with E-state index in [1.165, 1.54) is 4.90 Å². The van der Waals surface area contributed by atoms with E-state index in [-0.39, 0.29) is 25.9 Å². The zero-order valence-corrected chi connectivity index (χ0v) is 18.1. The SMILES string of the molecule is CCN(C(=O)COC(=O)c1nc(Cl)c(Cl)c(Cl)c1Cl)c1cccc2ccccc12. The highest BCUT2D eigenvalue weighted by Crippen LogP contribution is 2.36. The Bertz CT molecular complexity index is 1100. The van der Waals surface area contributed by atoms with Gasteiger partial charge in [0.1, 0.15) is 5.15 Å². The summed E-state index contributed by atoms with van der Waals surface area (Å²) in [5.74, 6) is -1.34. The van der Waals surface area contributed by atoms with E-state index in [1.54, 1.807) is 0 Å². The second-order valence-corrected chi connectivity index (χ2v) is 7.40. The molecule has 150 valence electrons. The first-order valence-electron chi connectivity index (χ1n) is 8.50. The molecular weight excluding hydrogens is 458 g/mol. The number of amides is 1. The highest BCUT2D eigenvalue weighted by atomic mass is 35.5. The van der Waals surface area contributed by atoms with Gasteiger partial charge in [0.05, 0.1) is 20.8 Å². The number of esters is 1. The lowest BCUT2D eigenvalue weighted by Crippen LogP contribution is -2.34. The molecule has 2 aromatic carbocycles. The summed E-state index contributed by atoms with van der Waals surface area (Å²) in [4.78, 5) is 30.4. The van der Waals surface area contributed by atoms with Crippen LogP contribution in [0.15, 0.2) is 42.5 Å². The van der Waals surface area contributed by atoms with Crippen molar-refractivity contribution in [1.82, 2.24) is 4.98 Å². The number of benzene rings is 2. The Morgan fingerprint density at radius 2 is 1.66 bits per heavy atom. The number of aromatic nitrogens is 1. The second-order valence-electron chi connectivity index (χ2n) is 5.91. The van der Waals surface area contributed by atoms with Crippen LogP contribution >= 0.6 is 46.4 Å². The molecule has 29 heavy (non-hydrogen) atoms. The number of pyridine rings is 1. The van der Waals surface area contributed by atoms with Gasteiger partial charge in [-0.2, -0.15) is 0 Å². The van der Waals surface area contributed by atoms with Gasteiger partial charge in [-0.05, 0) is 18.4 Å². The van der Waals surface area contributed by atoms with Gasteiger partial charge >= 0.3 is 5.97 Å². The minimum absolute atomic E-state index is 0.0703. The minimum Gasteiger partial charge on any atom is -0.451 e. The topological polar surface area (TPSA) is 59.5 Å². The number of fused-ring (bicyclic) bond motifs is 1. The lowest BCUT2D eigenvalue weighted by Gasteiger charge is -2.22. The Morgan fingerprint density at radius 1 is 0.966 bits per heavy atom. The Labute approximate surface area is 187 Å². The molecule has 0 N–H and O–H groups in total. The Balaban J connectivity index is 1.80. The zero-order valence-electron chi connectivity index (χ0n) is 15.1. The summed E-state index contributed by atoms with van der Waals surface area (Å²) in [7, 11) is 0. The summed E-state index contributed by atoms with van der Waals surface area (Å²) in [6, 6.07) is 13.4. The normalized spacial score (nSPS) is 10.8. The Kier molecular flexibility index (Phi) is 6.85. The van der Waals surface area contributed by atoms with Crippen molar-refractivity contribution in [1.29, 1.82) is 0 Å². The fourth-order valence-electron chi connectivity index (χ4n) is 2.82. The Morgan fingerprint density at radius 3 is 2.38 bits per heavy atom. The van der Waals surface area contributed by atoms with Crippen LogP contribution in [-0.2, 0) is 9.53 Å². The number of rotatable bonds is 5. The predicted molar refractivity (Wildman–Crippen MR) is 117 cm³/mol. The lowest BCUT2D eigenvalue weighted by atomic mass is 10.1. The van der Waals surface area contributed by atoms with Gasteiger partial charge in [-0.3, -0.25) is 4.79 Å². The maximum atomic E-state index is 12.7. The number of ether oxygens (including phenoxy) is 1. The molecule has 0 aliphatic rings. The molecule has 3 rings (SSSR count). The summed E-state index contributed by atoms with van der Waals surface area (Å²) in [6.45, 7) is 1.71. The summed E-state index contributed by atoms with van der Waals surface area (Å²) < 4.78 is 5.10. The van der Waals surface area contributed by atoms with Gasteiger partial charge in [-0.25, -0.2) is 9.78 Å². The number of anilines is 1. The van der Waals surface area contributed by atoms with Gasteiger partial charge in [0.2, 0.25) is 0 Å². The highest BCUT2D eigenvalue weighted by molar-refractivity contribution is 6.52. The average molecular weight is 472 g/mol. The van der Waals surface area contributed by atoms with Crippen molar-refractivity contribution in [2.45, 2.75) is 6.92 Å². The molecule has 9 heteroatoms. The number of hydrogen-bond donors (Lipinski definition) is 0. The minimum atomic E-state index is -0.933. The number of likely N-dealkylation sites (N-methyl/N-ethyl adjacent to an activating group) is 1. The molecule has 1 amide bonds. The van der Waals surface area contributed by atoms with Crippen LogP contribution < -0.4 is 4.90 Å². The van der Waals surface area contributed by atoms with Crippen molar-refractivity contribution in [3.63, 3.8) is 0 Å². The molecule has 0 aliphatic carbocycles. The van der Waals surface area contributed by atoms with Crippen molar-refractivity contribution < 1.29 is 14.3 Å². The van der Waals surface area contributed by atoms with Crippen molar-refractivity contribution in [3.8, 4) is 0 Å². The van der Waals surface area contributed by atoms with Crippen LogP contribution in [0.4, 0.5) is 5.69 Å². The Hall–Kier alpha value is -2.05. The molecule has 1 heterocycles. The van der Waals surface area contributed by atoms with Crippen molar-refractivity contribution in [2.75, 3.05) is 18.1 Å². The summed E-state index contributed by atoms with van der Waals surface area (Å²) in [5, 5.41) is 1.34. The second kappa shape index (κ2) is 9.18. The first kappa shape index (κ1) is 21.7. The summed E-state index contributed by atoms with van der Waals surface area (Å²) in [5.41, 5.74) is 0.410. The molecule has 0 fully saturated rings. The first-order chi connectivity index (χ1) is 13.8. The number of halogens is 4. The predicted octanol–water partition coefficient (Wildman–Crippen LogP) is 6.06. The maximum absolute atomic E-state index is 12.7. The van der Waals surface area contributed by atoms with Gasteiger partial charge in [0.15, 0.2) is 12.3 Å². The van der Waals surface area contributed by atoms with E-state index in [2.05, 4.69) is 4.98 Å². The third kappa shape index (κ3) is 4.43. The molecule has 0 radical (unpaired) electrons. The standard InChI is InChI=1S/C20H14Cl4N2O3/c1-2-26(13-9-5-7-11-6-3-4-8-12(11)13)14(27)10-29-20(28)18-16(22)15(21)17(23)19(24)25-18/h3-9H,2,10H2,1H3. The van der Waals surface area contributed by atoms with E-state index in [4.69, 9.17) is 51.1 Å². The number of nitrogens with zero attached hydrogens (tertiary/aromatic N) is 2. The van der Waals surface area contributed by atoms with Crippen molar-refractivity contribution in [2.24, 2.45) is 0 Å². The largest absolute Gasteiger partial charge is 0.451 e. The number of carbonyl (C=O) groups is 2. The van der Waals surface area contributed by atoms with E-state index >= 15 is 0 Å². The van der Waals surface area contributed by atoms with Gasteiger partial charge < -0.3 is 9.64 Å². The molecule has 0 spiro atoms. The van der Waals surface area contributed by atoms with Crippen molar-refractivity contribution >= 4 is 74.7 Å². The number of carbonyl (C=O) groups excluding carboxylic acids is 2. The quantitative estimate of drug-likeness (QED) is 0.335. The third-order valence-corrected chi connectivity index (χ3v) is 5.86. The maximum Gasteiger partial charge on any atom is 0.359 e. The van der Waals surface area contributed by atoms with Gasteiger partial charge in [-0.15, -0.1) is 0 Å². The molecule has 0 aliphatic heterocycles. The summed E-state index contributed by atoms with van der Waals surface area (Å²) in [6.07, 6.45) is 0.